The molecule has 0 aliphatic carbocycles. The molecule has 0 fully saturated rings. The van der Waals surface area contributed by atoms with Crippen LogP contribution in [0.3, 0.4) is 0 Å². The zero-order valence-electron chi connectivity index (χ0n) is 7.13. The fraction of sp³-hybridized carbons (Fsp3) is 0.667. The van der Waals surface area contributed by atoms with E-state index in [1.165, 1.54) is 0 Å². The Morgan fingerprint density at radius 1 is 1.64 bits per heavy atom. The van der Waals surface area contributed by atoms with Gasteiger partial charge in [0.05, 0.1) is 0 Å². The average molecular weight is 152 g/mol. The summed E-state index contributed by atoms with van der Waals surface area (Å²) in [5.74, 6) is 0.379. The van der Waals surface area contributed by atoms with Crippen molar-refractivity contribution >= 4 is 5.91 Å². The van der Waals surface area contributed by atoms with Crippen molar-refractivity contribution in [2.75, 3.05) is 13.1 Å². The van der Waals surface area contributed by atoms with Crippen LogP contribution in [0.4, 0.5) is 0 Å². The fourth-order valence-electron chi connectivity index (χ4n) is 1.13. The molecular weight excluding hydrogens is 138 g/mol. The zero-order valence-corrected chi connectivity index (χ0v) is 7.13. The molecule has 0 unspecified atom stereocenters. The lowest BCUT2D eigenvalue weighted by atomic mass is 10.1. The lowest BCUT2D eigenvalue weighted by molar-refractivity contribution is -0.134. The molecule has 2 heteroatoms. The van der Waals surface area contributed by atoms with Gasteiger partial charge in [-0.1, -0.05) is 19.9 Å². The van der Waals surface area contributed by atoms with Gasteiger partial charge in [-0.3, -0.25) is 4.79 Å². The van der Waals surface area contributed by atoms with Crippen molar-refractivity contribution < 1.29 is 4.79 Å². The van der Waals surface area contributed by atoms with Crippen molar-refractivity contribution in [2.45, 2.75) is 20.3 Å². The largest absolute Gasteiger partial charge is 0.338 e. The van der Waals surface area contributed by atoms with Gasteiger partial charge in [0.1, 0.15) is 0 Å². The van der Waals surface area contributed by atoms with Crippen LogP contribution < -0.4 is 0 Å². The van der Waals surface area contributed by atoms with Crippen molar-refractivity contribution in [3.05, 3.63) is 12.2 Å². The molecule has 61 valence electrons. The first-order chi connectivity index (χ1) is 5.22. The van der Waals surface area contributed by atoms with Crippen molar-refractivity contribution in [3.8, 4) is 0 Å². The third kappa shape index (κ3) is 2.07. The number of amides is 1. The Morgan fingerprint density at radius 2 is 2.36 bits per heavy atom. The minimum absolute atomic E-state index is 0.126. The molecule has 1 heterocycles. The standard InChI is InChI=1S/C9H14NO/c1-8(2)9(11)10-6-4-3-5-7-10/h4,8H,5-7H2,1-2H3. The second-order valence-electron chi connectivity index (χ2n) is 3.10. The van der Waals surface area contributed by atoms with Gasteiger partial charge in [0.15, 0.2) is 0 Å². The highest BCUT2D eigenvalue weighted by molar-refractivity contribution is 5.78. The Hall–Kier alpha value is -0.790. The number of rotatable bonds is 1. The highest BCUT2D eigenvalue weighted by Crippen LogP contribution is 2.05. The van der Waals surface area contributed by atoms with Crippen LogP contribution in [0.1, 0.15) is 20.3 Å². The van der Waals surface area contributed by atoms with Gasteiger partial charge < -0.3 is 4.90 Å². The Labute approximate surface area is 67.9 Å². The summed E-state index contributed by atoms with van der Waals surface area (Å²) in [6.45, 7) is 5.46. The van der Waals surface area contributed by atoms with Crippen molar-refractivity contribution in [1.29, 1.82) is 0 Å². The number of carbonyl (C=O) groups excluding carboxylic acids is 1. The molecule has 0 aromatic rings. The van der Waals surface area contributed by atoms with Gasteiger partial charge in [-0.25, -0.2) is 0 Å². The maximum absolute atomic E-state index is 11.4. The Bertz CT molecular complexity index is 172. The fourth-order valence-corrected chi connectivity index (χ4v) is 1.13. The van der Waals surface area contributed by atoms with Crippen LogP contribution in [0.15, 0.2) is 6.08 Å². The van der Waals surface area contributed by atoms with Gasteiger partial charge in [0.2, 0.25) is 5.91 Å². The summed E-state index contributed by atoms with van der Waals surface area (Å²) in [7, 11) is 0. The predicted molar refractivity (Wildman–Crippen MR) is 43.8 cm³/mol. The van der Waals surface area contributed by atoms with Crippen LogP contribution in [0.25, 0.3) is 0 Å². The van der Waals surface area contributed by atoms with Crippen LogP contribution >= 0.6 is 0 Å². The third-order valence-corrected chi connectivity index (χ3v) is 1.79. The van der Waals surface area contributed by atoms with E-state index >= 15 is 0 Å². The zero-order chi connectivity index (χ0) is 8.27. The third-order valence-electron chi connectivity index (χ3n) is 1.79. The van der Waals surface area contributed by atoms with Crippen LogP contribution in [0.5, 0.6) is 0 Å². The van der Waals surface area contributed by atoms with E-state index < -0.39 is 0 Å². The van der Waals surface area contributed by atoms with Gasteiger partial charge in [-0.05, 0) is 12.5 Å². The molecule has 1 radical (unpaired) electrons. The molecule has 0 aromatic carbocycles. The Morgan fingerprint density at radius 3 is 2.82 bits per heavy atom. The second kappa shape index (κ2) is 3.56. The first-order valence-corrected chi connectivity index (χ1v) is 4.05. The highest BCUT2D eigenvalue weighted by atomic mass is 16.2. The van der Waals surface area contributed by atoms with Crippen LogP contribution in [0, 0.1) is 12.0 Å². The molecule has 1 aliphatic rings. The first-order valence-electron chi connectivity index (χ1n) is 4.05. The topological polar surface area (TPSA) is 20.3 Å². The SMILES string of the molecule is CC(C)C(=O)N1CC=[C]CC1. The van der Waals surface area contributed by atoms with Crippen LogP contribution in [-0.4, -0.2) is 23.9 Å². The number of hydrogen-bond donors (Lipinski definition) is 0. The average Bonchev–Trinajstić information content (AvgIpc) is 2.05. The summed E-state index contributed by atoms with van der Waals surface area (Å²) in [4.78, 5) is 13.3. The molecule has 0 aromatic heterocycles. The molecule has 1 amide bonds. The molecule has 1 aliphatic heterocycles. The van der Waals surface area contributed by atoms with E-state index in [1.54, 1.807) is 0 Å². The Balaban J connectivity index is 2.47. The van der Waals surface area contributed by atoms with Crippen molar-refractivity contribution in [3.63, 3.8) is 0 Å². The predicted octanol–water partition coefficient (Wildman–Crippen LogP) is 1.23. The van der Waals surface area contributed by atoms with Crippen molar-refractivity contribution in [2.24, 2.45) is 5.92 Å². The molecule has 0 bridgehead atoms. The van der Waals surface area contributed by atoms with Gasteiger partial charge in [-0.15, -0.1) is 0 Å². The molecule has 0 saturated heterocycles. The minimum atomic E-state index is 0.126. The highest BCUT2D eigenvalue weighted by Gasteiger charge is 2.16. The lowest BCUT2D eigenvalue weighted by Crippen LogP contribution is -2.36. The monoisotopic (exact) mass is 152 g/mol. The van der Waals surface area contributed by atoms with E-state index in [0.29, 0.717) is 0 Å². The number of carbonyl (C=O) groups is 1. The van der Waals surface area contributed by atoms with E-state index in [4.69, 9.17) is 0 Å². The molecule has 2 nitrogen and oxygen atoms in total. The molecule has 0 saturated carbocycles. The molecule has 0 spiro atoms. The normalized spacial score (nSPS) is 17.5. The summed E-state index contributed by atoms with van der Waals surface area (Å²) in [5.41, 5.74) is 0. The quantitative estimate of drug-likeness (QED) is 0.553. The van der Waals surface area contributed by atoms with Gasteiger partial charge in [0, 0.05) is 19.0 Å². The van der Waals surface area contributed by atoms with E-state index in [-0.39, 0.29) is 11.8 Å². The maximum atomic E-state index is 11.4. The summed E-state index contributed by atoms with van der Waals surface area (Å²) in [6.07, 6.45) is 5.91. The van der Waals surface area contributed by atoms with E-state index in [0.717, 1.165) is 19.5 Å². The summed E-state index contributed by atoms with van der Waals surface area (Å²) < 4.78 is 0. The maximum Gasteiger partial charge on any atom is 0.225 e. The van der Waals surface area contributed by atoms with Gasteiger partial charge >= 0.3 is 0 Å². The smallest absolute Gasteiger partial charge is 0.225 e. The van der Waals surface area contributed by atoms with E-state index in [2.05, 4.69) is 6.08 Å². The van der Waals surface area contributed by atoms with Gasteiger partial charge in [0.25, 0.3) is 0 Å². The molecule has 0 atom stereocenters. The minimum Gasteiger partial charge on any atom is -0.338 e. The summed E-state index contributed by atoms with van der Waals surface area (Å²) in [6, 6.07) is 0. The second-order valence-corrected chi connectivity index (χ2v) is 3.10. The van der Waals surface area contributed by atoms with Gasteiger partial charge in [-0.2, -0.15) is 0 Å². The molecule has 1 rings (SSSR count). The Kier molecular flexibility index (Phi) is 2.69. The van der Waals surface area contributed by atoms with Crippen LogP contribution in [0.2, 0.25) is 0 Å². The molecule has 11 heavy (non-hydrogen) atoms. The summed E-state index contributed by atoms with van der Waals surface area (Å²) >= 11 is 0. The number of nitrogens with zero attached hydrogens (tertiary/aromatic N) is 1. The molecular formula is C9H14NO. The summed E-state index contributed by atoms with van der Waals surface area (Å²) in [5, 5.41) is 0. The van der Waals surface area contributed by atoms with E-state index in [9.17, 15) is 4.79 Å². The van der Waals surface area contributed by atoms with Crippen molar-refractivity contribution in [1.82, 2.24) is 4.90 Å². The number of hydrogen-bond acceptors (Lipinski definition) is 1. The lowest BCUT2D eigenvalue weighted by Gasteiger charge is -2.24. The van der Waals surface area contributed by atoms with E-state index in [1.807, 2.05) is 24.8 Å². The van der Waals surface area contributed by atoms with Crippen LogP contribution in [-0.2, 0) is 4.79 Å². The first kappa shape index (κ1) is 8.31. The molecule has 0 N–H and O–H groups in total.